The quantitative estimate of drug-likeness (QED) is 0.941. The Morgan fingerprint density at radius 3 is 2.67 bits per heavy atom. The van der Waals surface area contributed by atoms with Crippen LogP contribution >= 0.6 is 0 Å². The number of carbonyl (C=O) groups is 2. The largest absolute Gasteiger partial charge is 0.481 e. The van der Waals surface area contributed by atoms with Gasteiger partial charge in [-0.2, -0.15) is 0 Å². The van der Waals surface area contributed by atoms with E-state index in [0.717, 1.165) is 18.4 Å². The minimum atomic E-state index is -0.751. The summed E-state index contributed by atoms with van der Waals surface area (Å²) in [6.07, 6.45) is 5.52. The SMILES string of the molecule is O=C(O)CC1CCN(C(=O)c2cc3ccccn3c2)CC1. The van der Waals surface area contributed by atoms with Gasteiger partial charge in [0.05, 0.1) is 5.56 Å². The van der Waals surface area contributed by atoms with Crippen molar-refractivity contribution < 1.29 is 14.7 Å². The molecule has 0 saturated carbocycles. The van der Waals surface area contributed by atoms with Crippen molar-refractivity contribution >= 4 is 17.4 Å². The highest BCUT2D eigenvalue weighted by Crippen LogP contribution is 2.22. The van der Waals surface area contributed by atoms with Gasteiger partial charge in [0.25, 0.3) is 5.91 Å². The first kappa shape index (κ1) is 13.7. The second kappa shape index (κ2) is 5.60. The normalized spacial score (nSPS) is 16.3. The predicted octanol–water partition coefficient (Wildman–Crippen LogP) is 2.27. The fourth-order valence-corrected chi connectivity index (χ4v) is 2.94. The first-order valence-corrected chi connectivity index (χ1v) is 7.21. The molecule has 110 valence electrons. The van der Waals surface area contributed by atoms with Crippen molar-refractivity contribution in [2.75, 3.05) is 13.1 Å². The third-order valence-corrected chi connectivity index (χ3v) is 4.12. The number of amides is 1. The molecule has 1 aliphatic heterocycles. The van der Waals surface area contributed by atoms with E-state index in [2.05, 4.69) is 0 Å². The molecular formula is C16H18N2O3. The molecule has 5 heteroatoms. The van der Waals surface area contributed by atoms with E-state index in [0.29, 0.717) is 18.7 Å². The molecule has 21 heavy (non-hydrogen) atoms. The Bertz CT molecular complexity index is 636. The van der Waals surface area contributed by atoms with Crippen LogP contribution in [0.25, 0.3) is 5.52 Å². The predicted molar refractivity (Wildman–Crippen MR) is 78.3 cm³/mol. The molecule has 3 heterocycles. The third-order valence-electron chi connectivity index (χ3n) is 4.12. The highest BCUT2D eigenvalue weighted by molar-refractivity contribution is 5.95. The fraction of sp³-hybridized carbons (Fsp3) is 0.375. The van der Waals surface area contributed by atoms with E-state index in [1.807, 2.05) is 46.0 Å². The Kier molecular flexibility index (Phi) is 3.64. The lowest BCUT2D eigenvalue weighted by Gasteiger charge is -2.31. The summed E-state index contributed by atoms with van der Waals surface area (Å²) < 4.78 is 1.93. The van der Waals surface area contributed by atoms with E-state index in [1.165, 1.54) is 0 Å². The number of hydrogen-bond acceptors (Lipinski definition) is 2. The van der Waals surface area contributed by atoms with Crippen LogP contribution in [0.4, 0.5) is 0 Å². The second-order valence-corrected chi connectivity index (χ2v) is 5.59. The van der Waals surface area contributed by atoms with Crippen LogP contribution in [0.5, 0.6) is 0 Å². The number of aliphatic carboxylic acids is 1. The maximum absolute atomic E-state index is 12.5. The topological polar surface area (TPSA) is 62.0 Å². The number of fused-ring (bicyclic) bond motifs is 1. The maximum atomic E-state index is 12.5. The molecule has 1 saturated heterocycles. The Hall–Kier alpha value is -2.30. The summed E-state index contributed by atoms with van der Waals surface area (Å²) in [4.78, 5) is 25.0. The number of carbonyl (C=O) groups excluding carboxylic acids is 1. The summed E-state index contributed by atoms with van der Waals surface area (Å²) in [6, 6.07) is 7.74. The lowest BCUT2D eigenvalue weighted by molar-refractivity contribution is -0.138. The van der Waals surface area contributed by atoms with Gasteiger partial charge in [-0.1, -0.05) is 6.07 Å². The van der Waals surface area contributed by atoms with Crippen molar-refractivity contribution in [1.82, 2.24) is 9.30 Å². The zero-order valence-electron chi connectivity index (χ0n) is 11.7. The highest BCUT2D eigenvalue weighted by Gasteiger charge is 2.25. The van der Waals surface area contributed by atoms with E-state index in [9.17, 15) is 9.59 Å². The summed E-state index contributed by atoms with van der Waals surface area (Å²) in [5.74, 6) is -0.523. The standard InChI is InChI=1S/C16H18N2O3/c19-15(20)9-12-4-7-17(8-5-12)16(21)13-10-14-3-1-2-6-18(14)11-13/h1-3,6,10-12H,4-5,7-9H2,(H,19,20). The summed E-state index contributed by atoms with van der Waals surface area (Å²) in [7, 11) is 0. The van der Waals surface area contributed by atoms with Gasteiger partial charge in [0.15, 0.2) is 0 Å². The molecule has 0 atom stereocenters. The first-order chi connectivity index (χ1) is 10.1. The van der Waals surface area contributed by atoms with Gasteiger partial charge in [-0.25, -0.2) is 0 Å². The molecule has 1 amide bonds. The number of piperidine rings is 1. The molecular weight excluding hydrogens is 268 g/mol. The monoisotopic (exact) mass is 286 g/mol. The fourth-order valence-electron chi connectivity index (χ4n) is 2.94. The van der Waals surface area contributed by atoms with Gasteiger partial charge in [0.2, 0.25) is 0 Å². The molecule has 1 N–H and O–H groups in total. The van der Waals surface area contributed by atoms with Crippen LogP contribution in [0, 0.1) is 5.92 Å². The number of carboxylic acids is 1. The molecule has 0 aliphatic carbocycles. The van der Waals surface area contributed by atoms with Gasteiger partial charge in [-0.05, 0) is 37.0 Å². The molecule has 0 spiro atoms. The van der Waals surface area contributed by atoms with Crippen LogP contribution in [-0.4, -0.2) is 39.4 Å². The van der Waals surface area contributed by atoms with Crippen molar-refractivity contribution in [3.8, 4) is 0 Å². The molecule has 0 radical (unpaired) electrons. The lowest BCUT2D eigenvalue weighted by atomic mass is 9.93. The number of pyridine rings is 1. The average Bonchev–Trinajstić information content (AvgIpc) is 2.90. The zero-order valence-corrected chi connectivity index (χ0v) is 11.7. The molecule has 2 aromatic heterocycles. The van der Waals surface area contributed by atoms with Crippen LogP contribution in [0.1, 0.15) is 29.6 Å². The van der Waals surface area contributed by atoms with Crippen LogP contribution in [0.2, 0.25) is 0 Å². The molecule has 1 fully saturated rings. The minimum Gasteiger partial charge on any atom is -0.481 e. The highest BCUT2D eigenvalue weighted by atomic mass is 16.4. The Morgan fingerprint density at radius 2 is 2.00 bits per heavy atom. The number of hydrogen-bond donors (Lipinski definition) is 1. The van der Waals surface area contributed by atoms with Crippen molar-refractivity contribution in [3.05, 3.63) is 42.2 Å². The van der Waals surface area contributed by atoms with Crippen molar-refractivity contribution in [2.24, 2.45) is 5.92 Å². The number of likely N-dealkylation sites (tertiary alicyclic amines) is 1. The van der Waals surface area contributed by atoms with Gasteiger partial charge in [0, 0.05) is 37.4 Å². The van der Waals surface area contributed by atoms with E-state index in [-0.39, 0.29) is 18.2 Å². The number of carboxylic acid groups (broad SMARTS) is 1. The summed E-state index contributed by atoms with van der Waals surface area (Å²) in [6.45, 7) is 1.28. The molecule has 2 aromatic rings. The van der Waals surface area contributed by atoms with Gasteiger partial charge in [-0.3, -0.25) is 9.59 Å². The first-order valence-electron chi connectivity index (χ1n) is 7.21. The molecule has 3 rings (SSSR count). The van der Waals surface area contributed by atoms with Crippen molar-refractivity contribution in [3.63, 3.8) is 0 Å². The zero-order chi connectivity index (χ0) is 14.8. The van der Waals surface area contributed by atoms with E-state index in [1.54, 1.807) is 0 Å². The number of nitrogens with zero attached hydrogens (tertiary/aromatic N) is 2. The molecule has 0 bridgehead atoms. The van der Waals surface area contributed by atoms with Crippen LogP contribution in [-0.2, 0) is 4.79 Å². The average molecular weight is 286 g/mol. The minimum absolute atomic E-state index is 0.0347. The maximum Gasteiger partial charge on any atom is 0.303 e. The van der Waals surface area contributed by atoms with Crippen LogP contribution in [0.3, 0.4) is 0 Å². The molecule has 0 unspecified atom stereocenters. The van der Waals surface area contributed by atoms with Crippen LogP contribution in [0.15, 0.2) is 36.7 Å². The van der Waals surface area contributed by atoms with Crippen molar-refractivity contribution in [1.29, 1.82) is 0 Å². The lowest BCUT2D eigenvalue weighted by Crippen LogP contribution is -2.38. The smallest absolute Gasteiger partial charge is 0.303 e. The Morgan fingerprint density at radius 1 is 1.24 bits per heavy atom. The molecule has 0 aromatic carbocycles. The van der Waals surface area contributed by atoms with Gasteiger partial charge in [0.1, 0.15) is 0 Å². The van der Waals surface area contributed by atoms with E-state index in [4.69, 9.17) is 5.11 Å². The third kappa shape index (κ3) is 2.91. The van der Waals surface area contributed by atoms with Gasteiger partial charge in [-0.15, -0.1) is 0 Å². The Labute approximate surface area is 122 Å². The van der Waals surface area contributed by atoms with Gasteiger partial charge < -0.3 is 14.4 Å². The van der Waals surface area contributed by atoms with Crippen LogP contribution < -0.4 is 0 Å². The number of aromatic nitrogens is 1. The summed E-state index contributed by atoms with van der Waals surface area (Å²) in [5, 5.41) is 8.82. The second-order valence-electron chi connectivity index (χ2n) is 5.59. The van der Waals surface area contributed by atoms with E-state index < -0.39 is 5.97 Å². The molecule has 1 aliphatic rings. The summed E-state index contributed by atoms with van der Waals surface area (Å²) >= 11 is 0. The van der Waals surface area contributed by atoms with Gasteiger partial charge >= 0.3 is 5.97 Å². The Balaban J connectivity index is 1.67. The van der Waals surface area contributed by atoms with Crippen molar-refractivity contribution in [2.45, 2.75) is 19.3 Å². The van der Waals surface area contributed by atoms with E-state index >= 15 is 0 Å². The molecule has 5 nitrogen and oxygen atoms in total. The summed E-state index contributed by atoms with van der Waals surface area (Å²) in [5.41, 5.74) is 1.69. The number of rotatable bonds is 3.